The van der Waals surface area contributed by atoms with E-state index in [9.17, 15) is 4.39 Å². The molecule has 0 aromatic carbocycles. The van der Waals surface area contributed by atoms with Crippen molar-refractivity contribution in [3.63, 3.8) is 0 Å². The minimum Gasteiger partial charge on any atom is -0.370 e. The van der Waals surface area contributed by atoms with Crippen LogP contribution in [0.1, 0.15) is 12.8 Å². The molecule has 0 aliphatic carbocycles. The van der Waals surface area contributed by atoms with Crippen LogP contribution >= 0.6 is 11.8 Å². The highest BCUT2D eigenvalue weighted by molar-refractivity contribution is 7.98. The number of nitrogens with zero attached hydrogens (tertiary/aromatic N) is 2. The van der Waals surface area contributed by atoms with Gasteiger partial charge in [0, 0.05) is 12.6 Å². The number of hydrogen-bond acceptors (Lipinski definition) is 4. The summed E-state index contributed by atoms with van der Waals surface area (Å²) in [6, 6.07) is 1.30. The van der Waals surface area contributed by atoms with Crippen molar-refractivity contribution < 1.29 is 4.39 Å². The molecule has 0 atom stereocenters. The zero-order valence-electron chi connectivity index (χ0n) is 8.16. The number of rotatable bonds is 6. The molecule has 1 rings (SSSR count). The topological polar surface area (TPSA) is 37.8 Å². The van der Waals surface area contributed by atoms with Crippen LogP contribution in [-0.4, -0.2) is 28.5 Å². The van der Waals surface area contributed by atoms with Gasteiger partial charge in [-0.1, -0.05) is 0 Å². The van der Waals surface area contributed by atoms with Crippen molar-refractivity contribution in [3.05, 3.63) is 18.3 Å². The van der Waals surface area contributed by atoms with E-state index >= 15 is 0 Å². The van der Waals surface area contributed by atoms with Gasteiger partial charge in [-0.3, -0.25) is 0 Å². The van der Waals surface area contributed by atoms with Crippen LogP contribution in [-0.2, 0) is 0 Å². The van der Waals surface area contributed by atoms with E-state index in [-0.39, 0.29) is 0 Å². The SMILES string of the molecule is CSCCCCNc1cc(F)ncn1. The second-order valence-corrected chi connectivity index (χ2v) is 3.84. The highest BCUT2D eigenvalue weighted by Gasteiger charge is 1.95. The minimum atomic E-state index is -0.494. The normalized spacial score (nSPS) is 10.1. The van der Waals surface area contributed by atoms with Crippen molar-refractivity contribution in [1.82, 2.24) is 9.97 Å². The van der Waals surface area contributed by atoms with Crippen molar-refractivity contribution in [2.75, 3.05) is 23.9 Å². The lowest BCUT2D eigenvalue weighted by Crippen LogP contribution is -2.04. The Hall–Kier alpha value is -0.840. The summed E-state index contributed by atoms with van der Waals surface area (Å²) in [5, 5.41) is 3.04. The Labute approximate surface area is 87.5 Å². The van der Waals surface area contributed by atoms with Gasteiger partial charge >= 0.3 is 0 Å². The number of hydrogen-bond donors (Lipinski definition) is 1. The molecule has 0 radical (unpaired) electrons. The molecule has 0 fully saturated rings. The van der Waals surface area contributed by atoms with Gasteiger partial charge in [-0.05, 0) is 24.9 Å². The lowest BCUT2D eigenvalue weighted by Gasteiger charge is -2.03. The molecule has 0 saturated heterocycles. The first-order valence-electron chi connectivity index (χ1n) is 4.53. The molecule has 3 nitrogen and oxygen atoms in total. The Balaban J connectivity index is 2.18. The first-order valence-corrected chi connectivity index (χ1v) is 5.92. The van der Waals surface area contributed by atoms with E-state index in [1.807, 2.05) is 11.8 Å². The molecule has 0 spiro atoms. The predicted octanol–water partition coefficient (Wildman–Crippen LogP) is 2.17. The molecule has 0 saturated carbocycles. The maximum atomic E-state index is 12.6. The summed E-state index contributed by atoms with van der Waals surface area (Å²) in [4.78, 5) is 7.27. The number of aromatic nitrogens is 2. The van der Waals surface area contributed by atoms with Crippen molar-refractivity contribution in [3.8, 4) is 0 Å². The lowest BCUT2D eigenvalue weighted by molar-refractivity contribution is 0.580. The van der Waals surface area contributed by atoms with Gasteiger partial charge in [0.25, 0.3) is 0 Å². The average Bonchev–Trinajstić information content (AvgIpc) is 2.18. The van der Waals surface area contributed by atoms with Crippen molar-refractivity contribution >= 4 is 17.6 Å². The summed E-state index contributed by atoms with van der Waals surface area (Å²) < 4.78 is 12.6. The Bertz CT molecular complexity index is 270. The molecule has 1 N–H and O–H groups in total. The number of unbranched alkanes of at least 4 members (excludes halogenated alkanes) is 1. The Kier molecular flexibility index (Phi) is 5.29. The van der Waals surface area contributed by atoms with E-state index in [0.717, 1.165) is 13.0 Å². The molecule has 0 amide bonds. The minimum absolute atomic E-state index is 0.494. The number of thioether (sulfide) groups is 1. The van der Waals surface area contributed by atoms with Crippen molar-refractivity contribution in [2.45, 2.75) is 12.8 Å². The Morgan fingerprint density at radius 3 is 3.00 bits per heavy atom. The van der Waals surface area contributed by atoms with E-state index < -0.39 is 5.95 Å². The van der Waals surface area contributed by atoms with Crippen LogP contribution < -0.4 is 5.32 Å². The van der Waals surface area contributed by atoms with Crippen LogP contribution in [0.15, 0.2) is 12.4 Å². The fourth-order valence-corrected chi connectivity index (χ4v) is 1.51. The molecule has 1 heterocycles. The summed E-state index contributed by atoms with van der Waals surface area (Å²) in [7, 11) is 0. The molecule has 0 aliphatic rings. The van der Waals surface area contributed by atoms with E-state index in [1.54, 1.807) is 0 Å². The van der Waals surface area contributed by atoms with Crippen LogP contribution in [0.2, 0.25) is 0 Å². The average molecular weight is 215 g/mol. The van der Waals surface area contributed by atoms with Crippen LogP contribution in [0, 0.1) is 5.95 Å². The van der Waals surface area contributed by atoms with Gasteiger partial charge in [0.15, 0.2) is 0 Å². The highest BCUT2D eigenvalue weighted by atomic mass is 32.2. The van der Waals surface area contributed by atoms with E-state index in [0.29, 0.717) is 5.82 Å². The zero-order chi connectivity index (χ0) is 10.2. The summed E-state index contributed by atoms with van der Waals surface area (Å²) in [5.74, 6) is 1.23. The Morgan fingerprint density at radius 2 is 2.29 bits per heavy atom. The molecule has 0 aliphatic heterocycles. The summed E-state index contributed by atoms with van der Waals surface area (Å²) in [6.45, 7) is 0.830. The second kappa shape index (κ2) is 6.59. The van der Waals surface area contributed by atoms with Crippen LogP contribution in [0.25, 0.3) is 0 Å². The maximum absolute atomic E-state index is 12.6. The first-order chi connectivity index (χ1) is 6.83. The molecular weight excluding hydrogens is 201 g/mol. The van der Waals surface area contributed by atoms with Gasteiger partial charge < -0.3 is 5.32 Å². The van der Waals surface area contributed by atoms with Crippen LogP contribution in [0.3, 0.4) is 0 Å². The summed E-state index contributed by atoms with van der Waals surface area (Å²) in [6.07, 6.45) is 5.56. The van der Waals surface area contributed by atoms with E-state index in [2.05, 4.69) is 21.5 Å². The molecule has 1 aromatic rings. The number of halogens is 1. The number of nitrogens with one attached hydrogen (secondary N) is 1. The van der Waals surface area contributed by atoms with E-state index in [1.165, 1.54) is 24.6 Å². The third-order valence-corrected chi connectivity index (χ3v) is 2.41. The van der Waals surface area contributed by atoms with Gasteiger partial charge in [0.05, 0.1) is 0 Å². The fourth-order valence-electron chi connectivity index (χ4n) is 1.02. The first kappa shape index (κ1) is 11.2. The van der Waals surface area contributed by atoms with Crippen molar-refractivity contribution in [2.24, 2.45) is 0 Å². The van der Waals surface area contributed by atoms with Gasteiger partial charge in [0.1, 0.15) is 12.1 Å². The largest absolute Gasteiger partial charge is 0.370 e. The van der Waals surface area contributed by atoms with Gasteiger partial charge in [-0.25, -0.2) is 9.97 Å². The van der Waals surface area contributed by atoms with Gasteiger partial charge in [-0.2, -0.15) is 16.2 Å². The predicted molar refractivity (Wildman–Crippen MR) is 58.1 cm³/mol. The molecule has 1 aromatic heterocycles. The van der Waals surface area contributed by atoms with Crippen molar-refractivity contribution in [1.29, 1.82) is 0 Å². The fraction of sp³-hybridized carbons (Fsp3) is 0.556. The third kappa shape index (κ3) is 4.41. The molecular formula is C9H14FN3S. The zero-order valence-corrected chi connectivity index (χ0v) is 8.98. The monoisotopic (exact) mass is 215 g/mol. The number of anilines is 1. The van der Waals surface area contributed by atoms with Gasteiger partial charge in [0.2, 0.25) is 5.95 Å². The second-order valence-electron chi connectivity index (χ2n) is 2.85. The lowest BCUT2D eigenvalue weighted by atomic mass is 10.3. The third-order valence-electron chi connectivity index (χ3n) is 1.72. The standard InChI is InChI=1S/C9H14FN3S/c1-14-5-3-2-4-11-9-6-8(10)12-7-13-9/h6-7H,2-5H2,1H3,(H,11,12,13). The van der Waals surface area contributed by atoms with E-state index in [4.69, 9.17) is 0 Å². The smallest absolute Gasteiger partial charge is 0.217 e. The summed E-state index contributed by atoms with van der Waals surface area (Å²) >= 11 is 1.84. The van der Waals surface area contributed by atoms with Crippen LogP contribution in [0.4, 0.5) is 10.2 Å². The highest BCUT2D eigenvalue weighted by Crippen LogP contribution is 2.03. The molecule has 5 heteroatoms. The maximum Gasteiger partial charge on any atom is 0.217 e. The molecule has 0 bridgehead atoms. The van der Waals surface area contributed by atoms with Crippen LogP contribution in [0.5, 0.6) is 0 Å². The quantitative estimate of drug-likeness (QED) is 0.583. The molecule has 0 unspecified atom stereocenters. The summed E-state index contributed by atoms with van der Waals surface area (Å²) in [5.41, 5.74) is 0. The Morgan fingerprint density at radius 1 is 1.43 bits per heavy atom. The molecule has 14 heavy (non-hydrogen) atoms. The van der Waals surface area contributed by atoms with Gasteiger partial charge in [-0.15, -0.1) is 0 Å². The molecule has 78 valence electrons.